The SMILES string of the molecule is Fc1cccc(Cl)c1Cc1noc(C2CC3CCC2N3)n1. The van der Waals surface area contributed by atoms with Crippen molar-refractivity contribution in [3.8, 4) is 0 Å². The summed E-state index contributed by atoms with van der Waals surface area (Å²) in [5, 5.41) is 7.92. The minimum Gasteiger partial charge on any atom is -0.339 e. The Morgan fingerprint density at radius 3 is 3.00 bits per heavy atom. The fraction of sp³-hybridized carbons (Fsp3) is 0.467. The second-order valence-electron chi connectivity index (χ2n) is 5.82. The molecule has 1 aromatic heterocycles. The van der Waals surface area contributed by atoms with E-state index in [1.807, 2.05) is 0 Å². The van der Waals surface area contributed by atoms with E-state index >= 15 is 0 Å². The molecule has 4 nitrogen and oxygen atoms in total. The maximum absolute atomic E-state index is 13.8. The summed E-state index contributed by atoms with van der Waals surface area (Å²) in [6.45, 7) is 0. The molecular weight excluding hydrogens is 293 g/mol. The summed E-state index contributed by atoms with van der Waals surface area (Å²) in [6, 6.07) is 5.67. The number of hydrogen-bond donors (Lipinski definition) is 1. The number of benzene rings is 1. The van der Waals surface area contributed by atoms with Crippen molar-refractivity contribution in [2.75, 3.05) is 0 Å². The number of nitrogens with one attached hydrogen (secondary N) is 1. The Bertz CT molecular complexity index is 654. The Labute approximate surface area is 126 Å². The molecule has 3 atom stereocenters. The van der Waals surface area contributed by atoms with Gasteiger partial charge in [-0.2, -0.15) is 4.98 Å². The highest BCUT2D eigenvalue weighted by atomic mass is 35.5. The van der Waals surface area contributed by atoms with Gasteiger partial charge in [-0.1, -0.05) is 22.8 Å². The lowest BCUT2D eigenvalue weighted by molar-refractivity contribution is 0.327. The van der Waals surface area contributed by atoms with E-state index in [1.54, 1.807) is 12.1 Å². The molecule has 2 fully saturated rings. The highest BCUT2D eigenvalue weighted by Gasteiger charge is 2.42. The number of hydrogen-bond acceptors (Lipinski definition) is 4. The molecule has 4 rings (SSSR count). The molecule has 1 N–H and O–H groups in total. The first-order valence-electron chi connectivity index (χ1n) is 7.22. The smallest absolute Gasteiger partial charge is 0.231 e. The predicted octanol–water partition coefficient (Wildman–Crippen LogP) is 3.06. The highest BCUT2D eigenvalue weighted by Crippen LogP contribution is 2.39. The topological polar surface area (TPSA) is 51.0 Å². The molecule has 0 amide bonds. The van der Waals surface area contributed by atoms with Gasteiger partial charge in [0.1, 0.15) is 5.82 Å². The van der Waals surface area contributed by atoms with Crippen molar-refractivity contribution < 1.29 is 8.91 Å². The van der Waals surface area contributed by atoms with Crippen LogP contribution in [0, 0.1) is 5.82 Å². The third kappa shape index (κ3) is 2.34. The van der Waals surface area contributed by atoms with Crippen molar-refractivity contribution in [2.24, 2.45) is 0 Å². The van der Waals surface area contributed by atoms with Gasteiger partial charge in [-0.3, -0.25) is 0 Å². The zero-order valence-electron chi connectivity index (χ0n) is 11.4. The van der Waals surface area contributed by atoms with Gasteiger partial charge in [-0.25, -0.2) is 4.39 Å². The van der Waals surface area contributed by atoms with Crippen LogP contribution in [0.3, 0.4) is 0 Å². The molecule has 1 aromatic carbocycles. The summed E-state index contributed by atoms with van der Waals surface area (Å²) in [4.78, 5) is 4.45. The number of halogens is 2. The molecule has 0 spiro atoms. The van der Waals surface area contributed by atoms with Gasteiger partial charge in [-0.05, 0) is 31.4 Å². The highest BCUT2D eigenvalue weighted by molar-refractivity contribution is 6.31. The number of aromatic nitrogens is 2. The van der Waals surface area contributed by atoms with Gasteiger partial charge in [0, 0.05) is 29.1 Å². The Balaban J connectivity index is 1.55. The maximum atomic E-state index is 13.8. The molecule has 3 heterocycles. The average Bonchev–Trinajstić information content (AvgIpc) is 3.18. The van der Waals surface area contributed by atoms with Crippen molar-refractivity contribution >= 4 is 11.6 Å². The molecule has 2 aliphatic rings. The van der Waals surface area contributed by atoms with E-state index in [2.05, 4.69) is 15.5 Å². The van der Waals surface area contributed by atoms with Crippen LogP contribution in [-0.2, 0) is 6.42 Å². The van der Waals surface area contributed by atoms with Crippen molar-refractivity contribution in [3.63, 3.8) is 0 Å². The molecule has 2 saturated heterocycles. The van der Waals surface area contributed by atoms with Crippen LogP contribution in [0.25, 0.3) is 0 Å². The van der Waals surface area contributed by atoms with E-state index in [-0.39, 0.29) is 12.2 Å². The fourth-order valence-electron chi connectivity index (χ4n) is 3.45. The first kappa shape index (κ1) is 13.2. The van der Waals surface area contributed by atoms with Crippen LogP contribution >= 0.6 is 11.6 Å². The molecule has 0 aliphatic carbocycles. The quantitative estimate of drug-likeness (QED) is 0.947. The summed E-state index contributed by atoms with van der Waals surface area (Å²) in [5.74, 6) is 1.11. The van der Waals surface area contributed by atoms with Gasteiger partial charge in [0.15, 0.2) is 5.82 Å². The normalized spacial score (nSPS) is 27.4. The molecule has 21 heavy (non-hydrogen) atoms. The Hall–Kier alpha value is -1.46. The second-order valence-corrected chi connectivity index (χ2v) is 6.22. The third-order valence-electron chi connectivity index (χ3n) is 4.50. The van der Waals surface area contributed by atoms with E-state index < -0.39 is 0 Å². The van der Waals surface area contributed by atoms with Crippen molar-refractivity contribution in [2.45, 2.75) is 43.7 Å². The van der Waals surface area contributed by atoms with Gasteiger partial charge < -0.3 is 9.84 Å². The predicted molar refractivity (Wildman–Crippen MR) is 75.8 cm³/mol. The van der Waals surface area contributed by atoms with Crippen LogP contribution in [0.1, 0.15) is 42.5 Å². The van der Waals surface area contributed by atoms with E-state index in [4.69, 9.17) is 16.1 Å². The number of rotatable bonds is 3. The lowest BCUT2D eigenvalue weighted by Crippen LogP contribution is -2.21. The summed E-state index contributed by atoms with van der Waals surface area (Å²) in [7, 11) is 0. The number of fused-ring (bicyclic) bond motifs is 2. The molecule has 110 valence electrons. The van der Waals surface area contributed by atoms with Crippen LogP contribution in [-0.4, -0.2) is 22.2 Å². The lowest BCUT2D eigenvalue weighted by Gasteiger charge is -2.15. The first-order chi connectivity index (χ1) is 10.2. The minimum atomic E-state index is -0.338. The largest absolute Gasteiger partial charge is 0.339 e. The standard InChI is InChI=1S/C15H15ClFN3O/c16-11-2-1-3-12(17)9(11)7-14-19-15(21-20-14)10-6-8-4-5-13(10)18-8/h1-3,8,10,13,18H,4-7H2. The van der Waals surface area contributed by atoms with Crippen LogP contribution in [0.2, 0.25) is 5.02 Å². The summed E-state index contributed by atoms with van der Waals surface area (Å²) in [6.07, 6.45) is 3.69. The monoisotopic (exact) mass is 307 g/mol. The second kappa shape index (κ2) is 5.07. The minimum absolute atomic E-state index is 0.253. The summed E-state index contributed by atoms with van der Waals surface area (Å²) in [5.41, 5.74) is 0.414. The maximum Gasteiger partial charge on any atom is 0.231 e. The molecule has 3 unspecified atom stereocenters. The lowest BCUT2D eigenvalue weighted by atomic mass is 9.89. The van der Waals surface area contributed by atoms with Gasteiger partial charge >= 0.3 is 0 Å². The van der Waals surface area contributed by atoms with Gasteiger partial charge in [0.25, 0.3) is 0 Å². The molecule has 0 saturated carbocycles. The van der Waals surface area contributed by atoms with Gasteiger partial charge in [0.2, 0.25) is 5.89 Å². The van der Waals surface area contributed by atoms with E-state index in [1.165, 1.54) is 12.5 Å². The third-order valence-corrected chi connectivity index (χ3v) is 4.85. The van der Waals surface area contributed by atoms with Crippen molar-refractivity contribution in [1.82, 2.24) is 15.5 Å². The Morgan fingerprint density at radius 1 is 1.38 bits per heavy atom. The molecule has 2 bridgehead atoms. The average molecular weight is 308 g/mol. The Morgan fingerprint density at radius 2 is 2.29 bits per heavy atom. The molecule has 2 aliphatic heterocycles. The molecular formula is C15H15ClFN3O. The van der Waals surface area contributed by atoms with Crippen LogP contribution < -0.4 is 5.32 Å². The van der Waals surface area contributed by atoms with E-state index in [9.17, 15) is 4.39 Å². The van der Waals surface area contributed by atoms with E-state index in [0.717, 1.165) is 12.8 Å². The van der Waals surface area contributed by atoms with Gasteiger partial charge in [-0.15, -0.1) is 0 Å². The zero-order valence-corrected chi connectivity index (χ0v) is 12.1. The first-order valence-corrected chi connectivity index (χ1v) is 7.60. The van der Waals surface area contributed by atoms with E-state index in [0.29, 0.717) is 40.3 Å². The summed E-state index contributed by atoms with van der Waals surface area (Å²) >= 11 is 6.03. The summed E-state index contributed by atoms with van der Waals surface area (Å²) < 4.78 is 19.2. The Kier molecular flexibility index (Phi) is 3.19. The molecule has 0 radical (unpaired) electrons. The van der Waals surface area contributed by atoms with Crippen molar-refractivity contribution in [1.29, 1.82) is 0 Å². The van der Waals surface area contributed by atoms with Crippen LogP contribution in [0.15, 0.2) is 22.7 Å². The van der Waals surface area contributed by atoms with Crippen LogP contribution in [0.5, 0.6) is 0 Å². The zero-order chi connectivity index (χ0) is 14.4. The fourth-order valence-corrected chi connectivity index (χ4v) is 3.68. The number of nitrogens with zero attached hydrogens (tertiary/aromatic N) is 2. The van der Waals surface area contributed by atoms with Gasteiger partial charge in [0.05, 0.1) is 5.92 Å². The van der Waals surface area contributed by atoms with Crippen LogP contribution in [0.4, 0.5) is 4.39 Å². The van der Waals surface area contributed by atoms with Crippen molar-refractivity contribution in [3.05, 3.63) is 46.3 Å². The molecule has 6 heteroatoms. The molecule has 2 aromatic rings.